The molecule has 0 aliphatic carbocycles. The minimum Gasteiger partial charge on any atom is -0.103 e. The monoisotopic (exact) mass is 244 g/mol. The second-order valence-corrected chi connectivity index (χ2v) is 4.09. The van der Waals surface area contributed by atoms with Crippen LogP contribution in [0.2, 0.25) is 5.02 Å². The van der Waals surface area contributed by atoms with Crippen molar-refractivity contribution in [2.75, 3.05) is 0 Å². The molecule has 1 rings (SSSR count). The maximum absolute atomic E-state index is 5.76. The molecule has 0 radical (unpaired) electrons. The second kappa shape index (κ2) is 4.68. The molecule has 0 saturated carbocycles. The lowest BCUT2D eigenvalue weighted by Gasteiger charge is -2.06. The molecule has 0 amide bonds. The van der Waals surface area contributed by atoms with Gasteiger partial charge in [0.05, 0.1) is 0 Å². The number of benzene rings is 1. The van der Waals surface area contributed by atoms with E-state index in [1.54, 1.807) is 0 Å². The molecule has 0 spiro atoms. The Morgan fingerprint density at radius 1 is 1.42 bits per heavy atom. The number of rotatable bonds is 3. The first-order valence-corrected chi connectivity index (χ1v) is 5.04. The molecule has 1 unspecified atom stereocenters. The van der Waals surface area contributed by atoms with Crippen LogP contribution in [0.4, 0.5) is 0 Å². The van der Waals surface area contributed by atoms with Crippen LogP contribution >= 0.6 is 27.5 Å². The van der Waals surface area contributed by atoms with Gasteiger partial charge in [-0.15, -0.1) is 6.58 Å². The quantitative estimate of drug-likeness (QED) is 0.548. The largest absolute Gasteiger partial charge is 0.103 e. The van der Waals surface area contributed by atoms with Gasteiger partial charge in [0.25, 0.3) is 0 Å². The van der Waals surface area contributed by atoms with Gasteiger partial charge in [0.2, 0.25) is 0 Å². The van der Waals surface area contributed by atoms with Crippen LogP contribution in [0.5, 0.6) is 0 Å². The van der Waals surface area contributed by atoms with E-state index < -0.39 is 0 Å². The van der Waals surface area contributed by atoms with Gasteiger partial charge in [-0.1, -0.05) is 45.7 Å². The summed E-state index contributed by atoms with van der Waals surface area (Å²) in [5, 5.41) is 0.775. The van der Waals surface area contributed by atoms with Crippen molar-refractivity contribution in [3.8, 4) is 0 Å². The van der Waals surface area contributed by atoms with E-state index in [0.29, 0.717) is 4.83 Å². The summed E-state index contributed by atoms with van der Waals surface area (Å²) in [6, 6.07) is 7.83. The number of alkyl halides is 1. The minimum absolute atomic E-state index is 0.354. The Bertz CT molecular complexity index is 253. The van der Waals surface area contributed by atoms with Gasteiger partial charge in [0.1, 0.15) is 0 Å². The normalized spacial score (nSPS) is 12.5. The molecule has 0 saturated heterocycles. The van der Waals surface area contributed by atoms with Crippen LogP contribution in [0.15, 0.2) is 36.9 Å². The lowest BCUT2D eigenvalue weighted by atomic mass is 10.1. The topological polar surface area (TPSA) is 0 Å². The maximum Gasteiger partial charge on any atom is 0.0429 e. The number of hydrogen-bond donors (Lipinski definition) is 0. The van der Waals surface area contributed by atoms with E-state index in [0.717, 1.165) is 11.4 Å². The van der Waals surface area contributed by atoms with Crippen molar-refractivity contribution in [3.05, 3.63) is 47.5 Å². The summed E-state index contributed by atoms with van der Waals surface area (Å²) in [6.07, 6.45) is 2.83. The highest BCUT2D eigenvalue weighted by molar-refractivity contribution is 9.09. The van der Waals surface area contributed by atoms with Crippen molar-refractivity contribution in [1.82, 2.24) is 0 Å². The van der Waals surface area contributed by atoms with Crippen molar-refractivity contribution in [1.29, 1.82) is 0 Å². The van der Waals surface area contributed by atoms with Crippen LogP contribution < -0.4 is 0 Å². The molecular formula is C10H10BrCl. The molecule has 64 valence electrons. The molecule has 0 aliphatic heterocycles. The van der Waals surface area contributed by atoms with Gasteiger partial charge in [-0.3, -0.25) is 0 Å². The van der Waals surface area contributed by atoms with Crippen molar-refractivity contribution in [3.63, 3.8) is 0 Å². The Kier molecular flexibility index (Phi) is 3.83. The molecule has 12 heavy (non-hydrogen) atoms. The van der Waals surface area contributed by atoms with Gasteiger partial charge in [-0.05, 0) is 24.1 Å². The average molecular weight is 246 g/mol. The third kappa shape index (κ3) is 2.65. The summed E-state index contributed by atoms with van der Waals surface area (Å²) in [5.74, 6) is 0. The van der Waals surface area contributed by atoms with Crippen molar-refractivity contribution >= 4 is 27.5 Å². The summed E-state index contributed by atoms with van der Waals surface area (Å²) in [7, 11) is 0. The third-order valence-corrected chi connectivity index (χ3v) is 2.76. The van der Waals surface area contributed by atoms with Gasteiger partial charge in [-0.25, -0.2) is 0 Å². The molecule has 1 aromatic carbocycles. The van der Waals surface area contributed by atoms with Crippen molar-refractivity contribution in [2.45, 2.75) is 11.2 Å². The molecule has 0 fully saturated rings. The van der Waals surface area contributed by atoms with Crippen LogP contribution in [0.1, 0.15) is 16.8 Å². The highest BCUT2D eigenvalue weighted by Gasteiger charge is 2.03. The fraction of sp³-hybridized carbons (Fsp3) is 0.200. The van der Waals surface area contributed by atoms with Crippen LogP contribution in [0.25, 0.3) is 0 Å². The molecule has 0 aromatic heterocycles. The van der Waals surface area contributed by atoms with E-state index in [1.165, 1.54) is 5.56 Å². The predicted molar refractivity (Wildman–Crippen MR) is 57.9 cm³/mol. The van der Waals surface area contributed by atoms with Crippen LogP contribution in [-0.2, 0) is 0 Å². The van der Waals surface area contributed by atoms with Gasteiger partial charge < -0.3 is 0 Å². The van der Waals surface area contributed by atoms with E-state index in [9.17, 15) is 0 Å². The zero-order valence-corrected chi connectivity index (χ0v) is 8.98. The maximum atomic E-state index is 5.76. The van der Waals surface area contributed by atoms with Crippen LogP contribution in [0, 0.1) is 0 Å². The zero-order chi connectivity index (χ0) is 8.97. The van der Waals surface area contributed by atoms with E-state index in [4.69, 9.17) is 11.6 Å². The van der Waals surface area contributed by atoms with Gasteiger partial charge in [0, 0.05) is 9.85 Å². The smallest absolute Gasteiger partial charge is 0.0429 e. The summed E-state index contributed by atoms with van der Waals surface area (Å²) >= 11 is 9.31. The molecule has 2 heteroatoms. The standard InChI is InChI=1S/C10H10BrCl/c1-2-3-10(11)8-4-6-9(12)7-5-8/h2,4-7,10H,1,3H2. The first kappa shape index (κ1) is 9.82. The fourth-order valence-electron chi connectivity index (χ4n) is 0.954. The molecular weight excluding hydrogens is 235 g/mol. The summed E-state index contributed by atoms with van der Waals surface area (Å²) in [5.41, 5.74) is 1.24. The van der Waals surface area contributed by atoms with Gasteiger partial charge >= 0.3 is 0 Å². The van der Waals surface area contributed by atoms with Crippen LogP contribution in [-0.4, -0.2) is 0 Å². The fourth-order valence-corrected chi connectivity index (χ4v) is 1.65. The van der Waals surface area contributed by atoms with Crippen molar-refractivity contribution < 1.29 is 0 Å². The van der Waals surface area contributed by atoms with Gasteiger partial charge in [0.15, 0.2) is 0 Å². The van der Waals surface area contributed by atoms with E-state index in [-0.39, 0.29) is 0 Å². The van der Waals surface area contributed by atoms with E-state index in [2.05, 4.69) is 22.5 Å². The molecule has 1 atom stereocenters. The Labute approximate surface area is 86.4 Å². The van der Waals surface area contributed by atoms with Gasteiger partial charge in [-0.2, -0.15) is 0 Å². The van der Waals surface area contributed by atoms with E-state index in [1.807, 2.05) is 30.3 Å². The molecule has 0 nitrogen and oxygen atoms in total. The highest BCUT2D eigenvalue weighted by atomic mass is 79.9. The first-order chi connectivity index (χ1) is 5.74. The summed E-state index contributed by atoms with van der Waals surface area (Å²) < 4.78 is 0. The zero-order valence-electron chi connectivity index (χ0n) is 6.63. The van der Waals surface area contributed by atoms with Crippen LogP contribution in [0.3, 0.4) is 0 Å². The second-order valence-electron chi connectivity index (χ2n) is 2.54. The summed E-state index contributed by atoms with van der Waals surface area (Å²) in [4.78, 5) is 0.354. The summed E-state index contributed by atoms with van der Waals surface area (Å²) in [6.45, 7) is 3.69. The molecule has 0 heterocycles. The molecule has 0 N–H and O–H groups in total. The minimum atomic E-state index is 0.354. The SMILES string of the molecule is C=CCC(Br)c1ccc(Cl)cc1. The predicted octanol–water partition coefficient (Wildman–Crippen LogP) is 4.35. The lowest BCUT2D eigenvalue weighted by molar-refractivity contribution is 0.992. The Hall–Kier alpha value is -0.270. The Morgan fingerprint density at radius 3 is 2.50 bits per heavy atom. The Morgan fingerprint density at radius 2 is 2.00 bits per heavy atom. The first-order valence-electron chi connectivity index (χ1n) is 3.74. The number of halogens is 2. The molecule has 1 aromatic rings. The lowest BCUT2D eigenvalue weighted by Crippen LogP contribution is -1.86. The highest BCUT2D eigenvalue weighted by Crippen LogP contribution is 2.27. The van der Waals surface area contributed by atoms with Crippen molar-refractivity contribution in [2.24, 2.45) is 0 Å². The molecule has 0 aliphatic rings. The Balaban J connectivity index is 2.74. The third-order valence-electron chi connectivity index (χ3n) is 1.61. The average Bonchev–Trinajstić information content (AvgIpc) is 2.06. The molecule has 0 bridgehead atoms. The number of allylic oxidation sites excluding steroid dienone is 1. The number of hydrogen-bond acceptors (Lipinski definition) is 0. The van der Waals surface area contributed by atoms with E-state index >= 15 is 0 Å².